The average Bonchev–Trinajstić information content (AvgIpc) is 2.81. The standard InChI is InChI=1S/C27H36FN3O3/c1-20(29-17-21-10-14-25(33-5)15-11-21)31(18-22-8-12-23(28)13-9-22)24-7-6-16-30(19-24)26(32)34-27(2,3)4/h8-15,24,29H,1,6-7,16-19H2,2-5H3/t24-/m1/s1. The third-order valence-corrected chi connectivity index (χ3v) is 5.76. The number of piperidine rings is 1. The van der Waals surface area contributed by atoms with Crippen molar-refractivity contribution >= 4 is 6.09 Å². The number of halogens is 1. The highest BCUT2D eigenvalue weighted by Crippen LogP contribution is 2.23. The second-order valence-corrected chi connectivity index (χ2v) is 9.63. The SMILES string of the molecule is C=C(NCc1ccc(OC)cc1)N(Cc1ccc(F)cc1)[C@@H]1CCCN(C(=O)OC(C)(C)C)C1. The fourth-order valence-corrected chi connectivity index (χ4v) is 3.98. The van der Waals surface area contributed by atoms with E-state index < -0.39 is 5.60 Å². The number of hydrogen-bond acceptors (Lipinski definition) is 5. The number of benzene rings is 2. The summed E-state index contributed by atoms with van der Waals surface area (Å²) < 4.78 is 24.3. The molecule has 0 aromatic heterocycles. The van der Waals surface area contributed by atoms with Crippen LogP contribution in [0.5, 0.6) is 5.75 Å². The number of carbonyl (C=O) groups excluding carboxylic acids is 1. The first-order valence-corrected chi connectivity index (χ1v) is 11.7. The first kappa shape index (κ1) is 25.4. The number of ether oxygens (including phenoxy) is 2. The minimum Gasteiger partial charge on any atom is -0.497 e. The zero-order valence-electron chi connectivity index (χ0n) is 20.6. The molecule has 7 heteroatoms. The van der Waals surface area contributed by atoms with Gasteiger partial charge < -0.3 is 24.6 Å². The van der Waals surface area contributed by atoms with E-state index in [4.69, 9.17) is 9.47 Å². The van der Waals surface area contributed by atoms with E-state index in [1.165, 1.54) is 12.1 Å². The van der Waals surface area contributed by atoms with Crippen LogP contribution in [0.2, 0.25) is 0 Å². The molecule has 3 rings (SSSR count). The van der Waals surface area contributed by atoms with E-state index in [0.29, 0.717) is 26.2 Å². The van der Waals surface area contributed by atoms with Gasteiger partial charge >= 0.3 is 6.09 Å². The highest BCUT2D eigenvalue weighted by molar-refractivity contribution is 5.68. The molecule has 1 amide bonds. The largest absolute Gasteiger partial charge is 0.497 e. The molecule has 0 saturated carbocycles. The number of nitrogens with one attached hydrogen (secondary N) is 1. The Hall–Kier alpha value is -3.22. The summed E-state index contributed by atoms with van der Waals surface area (Å²) in [5.74, 6) is 1.31. The second kappa shape index (κ2) is 11.3. The Bertz CT molecular complexity index is 955. The number of likely N-dealkylation sites (tertiary alicyclic amines) is 1. The minimum absolute atomic E-state index is 0.0576. The molecule has 0 aliphatic carbocycles. The van der Waals surface area contributed by atoms with Crippen molar-refractivity contribution < 1.29 is 18.7 Å². The molecule has 1 fully saturated rings. The molecule has 184 valence electrons. The molecular weight excluding hydrogens is 433 g/mol. The smallest absolute Gasteiger partial charge is 0.410 e. The molecule has 0 unspecified atom stereocenters. The lowest BCUT2D eigenvalue weighted by Crippen LogP contribution is -2.51. The van der Waals surface area contributed by atoms with E-state index >= 15 is 0 Å². The number of nitrogens with zero attached hydrogens (tertiary/aromatic N) is 2. The predicted molar refractivity (Wildman–Crippen MR) is 132 cm³/mol. The quantitative estimate of drug-likeness (QED) is 0.569. The molecule has 6 nitrogen and oxygen atoms in total. The normalized spacial score (nSPS) is 16.0. The number of carbonyl (C=O) groups is 1. The predicted octanol–water partition coefficient (Wildman–Crippen LogP) is 5.30. The summed E-state index contributed by atoms with van der Waals surface area (Å²) in [4.78, 5) is 16.7. The number of amides is 1. The molecule has 1 N–H and O–H groups in total. The average molecular weight is 470 g/mol. The monoisotopic (exact) mass is 469 g/mol. The summed E-state index contributed by atoms with van der Waals surface area (Å²) in [6.45, 7) is 12.3. The van der Waals surface area contributed by atoms with E-state index in [0.717, 1.165) is 35.5 Å². The van der Waals surface area contributed by atoms with Gasteiger partial charge in [0.15, 0.2) is 0 Å². The third kappa shape index (κ3) is 7.40. The summed E-state index contributed by atoms with van der Waals surface area (Å²) in [7, 11) is 1.65. The topological polar surface area (TPSA) is 54.0 Å². The Kier molecular flexibility index (Phi) is 8.42. The molecule has 0 spiro atoms. The summed E-state index contributed by atoms with van der Waals surface area (Å²) in [5.41, 5.74) is 1.53. The van der Waals surface area contributed by atoms with Gasteiger partial charge in [0, 0.05) is 32.2 Å². The minimum atomic E-state index is -0.540. The fraction of sp³-hybridized carbons (Fsp3) is 0.444. The maximum atomic E-state index is 13.5. The van der Waals surface area contributed by atoms with Crippen LogP contribution in [0.1, 0.15) is 44.7 Å². The molecule has 1 atom stereocenters. The number of rotatable bonds is 8. The first-order chi connectivity index (χ1) is 16.1. The summed E-state index contributed by atoms with van der Waals surface area (Å²) >= 11 is 0. The van der Waals surface area contributed by atoms with Gasteiger partial charge in [-0.2, -0.15) is 0 Å². The highest BCUT2D eigenvalue weighted by Gasteiger charge is 2.31. The van der Waals surface area contributed by atoms with Crippen LogP contribution in [0.25, 0.3) is 0 Å². The van der Waals surface area contributed by atoms with E-state index in [-0.39, 0.29) is 18.0 Å². The summed E-state index contributed by atoms with van der Waals surface area (Å²) in [6, 6.07) is 14.4. The Labute approximate surface area is 202 Å². The van der Waals surface area contributed by atoms with Gasteiger partial charge in [-0.1, -0.05) is 30.8 Å². The van der Waals surface area contributed by atoms with Crippen molar-refractivity contribution in [2.75, 3.05) is 20.2 Å². The van der Waals surface area contributed by atoms with Gasteiger partial charge in [0.1, 0.15) is 17.2 Å². The Morgan fingerprint density at radius 3 is 2.41 bits per heavy atom. The fourth-order valence-electron chi connectivity index (χ4n) is 3.98. The van der Waals surface area contributed by atoms with Crippen LogP contribution in [0.4, 0.5) is 9.18 Å². The van der Waals surface area contributed by atoms with Gasteiger partial charge in [0.05, 0.1) is 12.9 Å². The highest BCUT2D eigenvalue weighted by atomic mass is 19.1. The number of methoxy groups -OCH3 is 1. The molecule has 2 aromatic rings. The van der Waals surface area contributed by atoms with E-state index in [1.807, 2.05) is 45.0 Å². The van der Waals surface area contributed by atoms with Crippen LogP contribution < -0.4 is 10.1 Å². The van der Waals surface area contributed by atoms with Crippen LogP contribution in [0.3, 0.4) is 0 Å². The molecule has 1 aliphatic rings. The molecule has 1 aliphatic heterocycles. The Morgan fingerprint density at radius 1 is 1.15 bits per heavy atom. The van der Waals surface area contributed by atoms with E-state index in [9.17, 15) is 9.18 Å². The van der Waals surface area contributed by atoms with Gasteiger partial charge in [0.2, 0.25) is 0 Å². The van der Waals surface area contributed by atoms with Crippen molar-refractivity contribution in [2.24, 2.45) is 0 Å². The molecule has 1 saturated heterocycles. The van der Waals surface area contributed by atoms with Crippen molar-refractivity contribution in [2.45, 2.75) is 58.3 Å². The van der Waals surface area contributed by atoms with Crippen LogP contribution in [0, 0.1) is 5.82 Å². The van der Waals surface area contributed by atoms with Crippen molar-refractivity contribution in [3.05, 3.63) is 77.9 Å². The Morgan fingerprint density at radius 2 is 1.79 bits per heavy atom. The van der Waals surface area contributed by atoms with Crippen LogP contribution in [0.15, 0.2) is 60.9 Å². The van der Waals surface area contributed by atoms with E-state index in [2.05, 4.69) is 16.8 Å². The lowest BCUT2D eigenvalue weighted by atomic mass is 10.0. The zero-order chi connectivity index (χ0) is 24.7. The zero-order valence-corrected chi connectivity index (χ0v) is 20.6. The molecule has 34 heavy (non-hydrogen) atoms. The van der Waals surface area contributed by atoms with Gasteiger partial charge in [-0.05, 0) is 69.0 Å². The second-order valence-electron chi connectivity index (χ2n) is 9.63. The van der Waals surface area contributed by atoms with Gasteiger partial charge in [-0.3, -0.25) is 0 Å². The lowest BCUT2D eigenvalue weighted by Gasteiger charge is -2.41. The van der Waals surface area contributed by atoms with Crippen molar-refractivity contribution in [3.8, 4) is 5.75 Å². The maximum absolute atomic E-state index is 13.5. The third-order valence-electron chi connectivity index (χ3n) is 5.76. The molecular formula is C27H36FN3O3. The maximum Gasteiger partial charge on any atom is 0.410 e. The molecule has 1 heterocycles. The van der Waals surface area contributed by atoms with Crippen molar-refractivity contribution in [1.29, 1.82) is 0 Å². The molecule has 2 aromatic carbocycles. The number of hydrogen-bond donors (Lipinski definition) is 1. The van der Waals surface area contributed by atoms with Gasteiger partial charge in [0.25, 0.3) is 0 Å². The van der Waals surface area contributed by atoms with Crippen molar-refractivity contribution in [3.63, 3.8) is 0 Å². The van der Waals surface area contributed by atoms with Crippen LogP contribution >= 0.6 is 0 Å². The molecule has 0 radical (unpaired) electrons. The van der Waals surface area contributed by atoms with Crippen LogP contribution in [-0.4, -0.2) is 47.7 Å². The van der Waals surface area contributed by atoms with Gasteiger partial charge in [-0.15, -0.1) is 0 Å². The van der Waals surface area contributed by atoms with Crippen molar-refractivity contribution in [1.82, 2.24) is 15.1 Å². The first-order valence-electron chi connectivity index (χ1n) is 11.7. The summed E-state index contributed by atoms with van der Waals surface area (Å²) in [5, 5.41) is 3.43. The van der Waals surface area contributed by atoms with Crippen LogP contribution in [-0.2, 0) is 17.8 Å². The molecule has 0 bridgehead atoms. The van der Waals surface area contributed by atoms with Gasteiger partial charge in [-0.25, -0.2) is 9.18 Å². The Balaban J connectivity index is 1.73. The summed E-state index contributed by atoms with van der Waals surface area (Å²) in [6.07, 6.45) is 1.50. The lowest BCUT2D eigenvalue weighted by molar-refractivity contribution is 0.0121. The van der Waals surface area contributed by atoms with E-state index in [1.54, 1.807) is 24.1 Å².